The molecular formula is C14H13BrN2O. The van der Waals surface area contributed by atoms with E-state index in [0.717, 1.165) is 15.7 Å². The summed E-state index contributed by atoms with van der Waals surface area (Å²) in [7, 11) is 0. The number of nitrogens with zero attached hydrogens (tertiary/aromatic N) is 1. The highest BCUT2D eigenvalue weighted by molar-refractivity contribution is 9.10. The van der Waals surface area contributed by atoms with E-state index in [1.807, 2.05) is 43.3 Å². The Morgan fingerprint density at radius 2 is 2.11 bits per heavy atom. The van der Waals surface area contributed by atoms with E-state index in [4.69, 9.17) is 0 Å². The molecule has 0 aliphatic carbocycles. The van der Waals surface area contributed by atoms with Gasteiger partial charge in [0.2, 0.25) is 0 Å². The van der Waals surface area contributed by atoms with Gasteiger partial charge in [0.05, 0.1) is 12.2 Å². The average Bonchev–Trinajstić information content (AvgIpc) is 2.40. The lowest BCUT2D eigenvalue weighted by atomic mass is 10.1. The van der Waals surface area contributed by atoms with E-state index < -0.39 is 0 Å². The number of pyridine rings is 1. The SMILES string of the molecule is Cc1c(Br)cccc1C(=O)NCc1ccccn1. The zero-order valence-electron chi connectivity index (χ0n) is 9.98. The van der Waals surface area contributed by atoms with Crippen molar-refractivity contribution in [2.75, 3.05) is 0 Å². The number of carbonyl (C=O) groups excluding carboxylic acids is 1. The Bertz CT molecular complexity index is 555. The lowest BCUT2D eigenvalue weighted by Gasteiger charge is -2.08. The van der Waals surface area contributed by atoms with E-state index in [1.54, 1.807) is 6.20 Å². The summed E-state index contributed by atoms with van der Waals surface area (Å²) >= 11 is 3.42. The topological polar surface area (TPSA) is 42.0 Å². The number of carbonyl (C=O) groups is 1. The fourth-order valence-corrected chi connectivity index (χ4v) is 1.99. The van der Waals surface area contributed by atoms with Gasteiger partial charge in [-0.25, -0.2) is 0 Å². The average molecular weight is 305 g/mol. The molecule has 0 atom stereocenters. The quantitative estimate of drug-likeness (QED) is 0.947. The number of halogens is 1. The number of aromatic nitrogens is 1. The molecule has 1 aromatic heterocycles. The van der Waals surface area contributed by atoms with Crippen molar-refractivity contribution in [3.05, 3.63) is 63.9 Å². The molecule has 0 fully saturated rings. The first-order valence-electron chi connectivity index (χ1n) is 5.61. The minimum Gasteiger partial charge on any atom is -0.346 e. The maximum absolute atomic E-state index is 12.0. The van der Waals surface area contributed by atoms with Crippen LogP contribution in [0.5, 0.6) is 0 Å². The third kappa shape index (κ3) is 2.96. The van der Waals surface area contributed by atoms with Crippen molar-refractivity contribution >= 4 is 21.8 Å². The highest BCUT2D eigenvalue weighted by Crippen LogP contribution is 2.19. The van der Waals surface area contributed by atoms with Crippen LogP contribution in [-0.4, -0.2) is 10.9 Å². The summed E-state index contributed by atoms with van der Waals surface area (Å²) in [4.78, 5) is 16.2. The molecule has 1 aromatic carbocycles. The van der Waals surface area contributed by atoms with Gasteiger partial charge in [-0.3, -0.25) is 9.78 Å². The predicted molar refractivity (Wildman–Crippen MR) is 74.3 cm³/mol. The molecule has 0 saturated carbocycles. The Labute approximate surface area is 114 Å². The van der Waals surface area contributed by atoms with E-state index in [9.17, 15) is 4.79 Å². The van der Waals surface area contributed by atoms with Crippen LogP contribution in [0.25, 0.3) is 0 Å². The van der Waals surface area contributed by atoms with Crippen molar-refractivity contribution in [2.45, 2.75) is 13.5 Å². The fourth-order valence-electron chi connectivity index (χ4n) is 1.62. The first-order valence-corrected chi connectivity index (χ1v) is 6.41. The van der Waals surface area contributed by atoms with Gasteiger partial charge in [-0.15, -0.1) is 0 Å². The fraction of sp³-hybridized carbons (Fsp3) is 0.143. The number of amides is 1. The van der Waals surface area contributed by atoms with Crippen LogP contribution >= 0.6 is 15.9 Å². The first kappa shape index (κ1) is 12.8. The second-order valence-corrected chi connectivity index (χ2v) is 4.77. The van der Waals surface area contributed by atoms with Gasteiger partial charge >= 0.3 is 0 Å². The van der Waals surface area contributed by atoms with Gasteiger partial charge in [0.15, 0.2) is 0 Å². The molecule has 1 N–H and O–H groups in total. The molecule has 4 heteroatoms. The van der Waals surface area contributed by atoms with E-state index in [0.29, 0.717) is 12.1 Å². The Morgan fingerprint density at radius 1 is 1.28 bits per heavy atom. The van der Waals surface area contributed by atoms with Gasteiger partial charge in [-0.1, -0.05) is 28.1 Å². The standard InChI is InChI=1S/C14H13BrN2O/c1-10-12(6-4-7-13(10)15)14(18)17-9-11-5-2-3-8-16-11/h2-8H,9H2,1H3,(H,17,18). The van der Waals surface area contributed by atoms with Crippen molar-refractivity contribution in [1.29, 1.82) is 0 Å². The molecule has 1 amide bonds. The molecule has 1 heterocycles. The number of hydrogen-bond acceptors (Lipinski definition) is 2. The molecule has 0 spiro atoms. The maximum atomic E-state index is 12.0. The molecule has 0 aliphatic heterocycles. The third-order valence-corrected chi connectivity index (χ3v) is 3.53. The smallest absolute Gasteiger partial charge is 0.251 e. The van der Waals surface area contributed by atoms with Crippen molar-refractivity contribution < 1.29 is 4.79 Å². The molecule has 2 aromatic rings. The number of benzene rings is 1. The molecule has 0 bridgehead atoms. The van der Waals surface area contributed by atoms with Crippen molar-refractivity contribution in [1.82, 2.24) is 10.3 Å². The number of rotatable bonds is 3. The van der Waals surface area contributed by atoms with Gasteiger partial charge in [0.1, 0.15) is 0 Å². The van der Waals surface area contributed by atoms with Crippen molar-refractivity contribution in [2.24, 2.45) is 0 Å². The zero-order valence-corrected chi connectivity index (χ0v) is 11.6. The van der Waals surface area contributed by atoms with Crippen molar-refractivity contribution in [3.63, 3.8) is 0 Å². The second-order valence-electron chi connectivity index (χ2n) is 3.92. The highest BCUT2D eigenvalue weighted by atomic mass is 79.9. The van der Waals surface area contributed by atoms with Gasteiger partial charge < -0.3 is 5.32 Å². The molecule has 2 rings (SSSR count). The highest BCUT2D eigenvalue weighted by Gasteiger charge is 2.10. The van der Waals surface area contributed by atoms with Gasteiger partial charge in [-0.05, 0) is 36.8 Å². The van der Waals surface area contributed by atoms with E-state index in [1.165, 1.54) is 0 Å². The van der Waals surface area contributed by atoms with Crippen LogP contribution in [0.3, 0.4) is 0 Å². The normalized spacial score (nSPS) is 10.1. The lowest BCUT2D eigenvalue weighted by Crippen LogP contribution is -2.24. The molecule has 18 heavy (non-hydrogen) atoms. The first-order chi connectivity index (χ1) is 8.68. The third-order valence-electron chi connectivity index (χ3n) is 2.67. The molecule has 3 nitrogen and oxygen atoms in total. The predicted octanol–water partition coefficient (Wildman–Crippen LogP) is 3.08. The summed E-state index contributed by atoms with van der Waals surface area (Å²) in [5.41, 5.74) is 2.47. The summed E-state index contributed by atoms with van der Waals surface area (Å²) < 4.78 is 0.938. The molecule has 0 radical (unpaired) electrons. The van der Waals surface area contributed by atoms with Crippen LogP contribution in [0.1, 0.15) is 21.6 Å². The van der Waals surface area contributed by atoms with Crippen LogP contribution in [0.15, 0.2) is 47.1 Å². The van der Waals surface area contributed by atoms with E-state index in [-0.39, 0.29) is 5.91 Å². The molecule has 92 valence electrons. The second kappa shape index (κ2) is 5.78. The van der Waals surface area contributed by atoms with E-state index in [2.05, 4.69) is 26.2 Å². The summed E-state index contributed by atoms with van der Waals surface area (Å²) in [5, 5.41) is 2.86. The summed E-state index contributed by atoms with van der Waals surface area (Å²) in [5.74, 6) is -0.0838. The van der Waals surface area contributed by atoms with Crippen LogP contribution in [-0.2, 0) is 6.54 Å². The van der Waals surface area contributed by atoms with Gasteiger partial charge in [0, 0.05) is 16.2 Å². The minimum atomic E-state index is -0.0838. The van der Waals surface area contributed by atoms with Crippen LogP contribution in [0.4, 0.5) is 0 Å². The maximum Gasteiger partial charge on any atom is 0.251 e. The number of hydrogen-bond donors (Lipinski definition) is 1. The Kier molecular flexibility index (Phi) is 4.10. The van der Waals surface area contributed by atoms with Gasteiger partial charge in [0.25, 0.3) is 5.91 Å². The molecule has 0 aliphatic rings. The molecule has 0 saturated heterocycles. The molecular weight excluding hydrogens is 292 g/mol. The van der Waals surface area contributed by atoms with E-state index >= 15 is 0 Å². The van der Waals surface area contributed by atoms with Crippen LogP contribution in [0.2, 0.25) is 0 Å². The van der Waals surface area contributed by atoms with Crippen molar-refractivity contribution in [3.8, 4) is 0 Å². The Balaban J connectivity index is 2.07. The molecule has 0 unspecified atom stereocenters. The van der Waals surface area contributed by atoms with Gasteiger partial charge in [-0.2, -0.15) is 0 Å². The summed E-state index contributed by atoms with van der Waals surface area (Å²) in [6.45, 7) is 2.35. The minimum absolute atomic E-state index is 0.0838. The van der Waals surface area contributed by atoms with Crippen LogP contribution in [0, 0.1) is 6.92 Å². The Morgan fingerprint density at radius 3 is 2.83 bits per heavy atom. The zero-order chi connectivity index (χ0) is 13.0. The lowest BCUT2D eigenvalue weighted by molar-refractivity contribution is 0.0949. The van der Waals surface area contributed by atoms with Crippen LogP contribution < -0.4 is 5.32 Å². The summed E-state index contributed by atoms with van der Waals surface area (Å²) in [6, 6.07) is 11.2. The Hall–Kier alpha value is -1.68. The number of nitrogens with one attached hydrogen (secondary N) is 1. The monoisotopic (exact) mass is 304 g/mol. The summed E-state index contributed by atoms with van der Waals surface area (Å²) in [6.07, 6.45) is 1.71. The largest absolute Gasteiger partial charge is 0.346 e.